The number of piperidine rings is 1. The van der Waals surface area contributed by atoms with Crippen LogP contribution in [0.4, 0.5) is 0 Å². The highest BCUT2D eigenvalue weighted by Crippen LogP contribution is 2.22. The van der Waals surface area contributed by atoms with E-state index < -0.39 is 11.9 Å². The predicted octanol–water partition coefficient (Wildman–Crippen LogP) is -0.340. The lowest BCUT2D eigenvalue weighted by Gasteiger charge is -2.37. The van der Waals surface area contributed by atoms with Crippen LogP contribution in [0, 0.1) is 5.92 Å². The number of nitrogens with zero attached hydrogens (tertiary/aromatic N) is 2. The topological polar surface area (TPSA) is 66.6 Å². The molecule has 1 aliphatic heterocycles. The van der Waals surface area contributed by atoms with Crippen molar-refractivity contribution >= 4 is 11.8 Å². The molecule has 1 saturated heterocycles. The molecule has 0 saturated carbocycles. The third kappa shape index (κ3) is 3.20. The summed E-state index contributed by atoms with van der Waals surface area (Å²) in [7, 11) is 3.67. The molecule has 92 valence electrons. The Balaban J connectivity index is 2.69. The first-order valence-electron chi connectivity index (χ1n) is 5.65. The van der Waals surface area contributed by atoms with Crippen molar-refractivity contribution in [2.24, 2.45) is 11.7 Å². The maximum atomic E-state index is 11.9. The minimum absolute atomic E-state index is 0.0132. The van der Waals surface area contributed by atoms with Crippen molar-refractivity contribution in [3.05, 3.63) is 0 Å². The number of carbonyl (C=O) groups is 2. The lowest BCUT2D eigenvalue weighted by molar-refractivity contribution is -0.142. The first kappa shape index (κ1) is 13.0. The number of carbonyl (C=O) groups excluding carboxylic acids is 2. The van der Waals surface area contributed by atoms with Gasteiger partial charge in [0.05, 0.1) is 6.54 Å². The van der Waals surface area contributed by atoms with Crippen LogP contribution in [0.2, 0.25) is 0 Å². The van der Waals surface area contributed by atoms with Crippen molar-refractivity contribution in [3.8, 4) is 0 Å². The van der Waals surface area contributed by atoms with Gasteiger partial charge in [0.25, 0.3) is 0 Å². The molecule has 2 amide bonds. The zero-order valence-electron chi connectivity index (χ0n) is 10.3. The molecule has 2 unspecified atom stereocenters. The molecule has 2 atom stereocenters. The van der Waals surface area contributed by atoms with Crippen LogP contribution in [0.5, 0.6) is 0 Å². The highest BCUT2D eigenvalue weighted by atomic mass is 16.2. The lowest BCUT2D eigenvalue weighted by Crippen LogP contribution is -2.53. The molecule has 5 nitrogen and oxygen atoms in total. The van der Waals surface area contributed by atoms with Crippen molar-refractivity contribution in [2.45, 2.75) is 25.8 Å². The van der Waals surface area contributed by atoms with Gasteiger partial charge in [0, 0.05) is 6.54 Å². The van der Waals surface area contributed by atoms with Gasteiger partial charge in [0.15, 0.2) is 0 Å². The summed E-state index contributed by atoms with van der Waals surface area (Å²) in [4.78, 5) is 26.7. The molecule has 0 aromatic carbocycles. The highest BCUT2D eigenvalue weighted by Gasteiger charge is 2.33. The Hall–Kier alpha value is -1.10. The van der Waals surface area contributed by atoms with Crippen LogP contribution >= 0.6 is 0 Å². The van der Waals surface area contributed by atoms with Gasteiger partial charge in [0.1, 0.15) is 6.04 Å². The van der Waals surface area contributed by atoms with E-state index in [1.165, 1.54) is 0 Å². The highest BCUT2D eigenvalue weighted by molar-refractivity contribution is 5.87. The molecule has 1 rings (SSSR count). The summed E-state index contributed by atoms with van der Waals surface area (Å²) < 4.78 is 0. The van der Waals surface area contributed by atoms with Gasteiger partial charge in [-0.3, -0.25) is 9.59 Å². The van der Waals surface area contributed by atoms with Crippen LogP contribution in [0.1, 0.15) is 19.8 Å². The smallest absolute Gasteiger partial charge is 0.240 e. The van der Waals surface area contributed by atoms with Crippen molar-refractivity contribution in [1.82, 2.24) is 9.80 Å². The Morgan fingerprint density at radius 3 is 2.56 bits per heavy atom. The van der Waals surface area contributed by atoms with E-state index in [1.807, 2.05) is 14.1 Å². The van der Waals surface area contributed by atoms with Crippen molar-refractivity contribution in [1.29, 1.82) is 0 Å². The molecular formula is C11H21N3O2. The standard InChI is InChI=1S/C11H21N3O2/c1-8-4-5-14(9(6-8)11(12)16)10(15)7-13(2)3/h8-9H,4-7H2,1-3H3,(H2,12,16). The van der Waals surface area contributed by atoms with Gasteiger partial charge < -0.3 is 15.5 Å². The van der Waals surface area contributed by atoms with Crippen LogP contribution in [-0.4, -0.2) is 54.8 Å². The van der Waals surface area contributed by atoms with E-state index in [4.69, 9.17) is 5.73 Å². The van der Waals surface area contributed by atoms with Gasteiger partial charge in [-0.1, -0.05) is 6.92 Å². The summed E-state index contributed by atoms with van der Waals surface area (Å²) >= 11 is 0. The summed E-state index contributed by atoms with van der Waals surface area (Å²) in [6.07, 6.45) is 1.64. The summed E-state index contributed by atoms with van der Waals surface area (Å²) in [5, 5.41) is 0. The Kier molecular flexibility index (Phi) is 4.29. The maximum absolute atomic E-state index is 11.9. The monoisotopic (exact) mass is 227 g/mol. The molecule has 0 radical (unpaired) electrons. The van der Waals surface area contributed by atoms with Gasteiger partial charge in [-0.2, -0.15) is 0 Å². The first-order valence-corrected chi connectivity index (χ1v) is 5.65. The van der Waals surface area contributed by atoms with E-state index in [1.54, 1.807) is 9.80 Å². The molecule has 5 heteroatoms. The largest absolute Gasteiger partial charge is 0.368 e. The van der Waals surface area contributed by atoms with E-state index in [2.05, 4.69) is 6.92 Å². The summed E-state index contributed by atoms with van der Waals surface area (Å²) in [6, 6.07) is -0.420. The summed E-state index contributed by atoms with van der Waals surface area (Å²) in [5.74, 6) is 0.0558. The number of hydrogen-bond donors (Lipinski definition) is 1. The summed E-state index contributed by atoms with van der Waals surface area (Å²) in [6.45, 7) is 3.06. The number of rotatable bonds is 3. The fourth-order valence-electron chi connectivity index (χ4n) is 2.07. The molecule has 2 N–H and O–H groups in total. The van der Waals surface area contributed by atoms with Crippen molar-refractivity contribution < 1.29 is 9.59 Å². The normalized spacial score (nSPS) is 25.9. The Labute approximate surface area is 96.6 Å². The van der Waals surface area contributed by atoms with Crippen molar-refractivity contribution in [2.75, 3.05) is 27.2 Å². The SMILES string of the molecule is CC1CCN(C(=O)CN(C)C)C(C(N)=O)C1. The zero-order chi connectivity index (χ0) is 12.3. The zero-order valence-corrected chi connectivity index (χ0v) is 10.3. The van der Waals surface area contributed by atoms with Crippen LogP contribution in [0.3, 0.4) is 0 Å². The fraction of sp³-hybridized carbons (Fsp3) is 0.818. The average Bonchev–Trinajstić information content (AvgIpc) is 2.16. The van der Waals surface area contributed by atoms with Gasteiger partial charge in [-0.25, -0.2) is 0 Å². The second-order valence-electron chi connectivity index (χ2n) is 4.87. The molecule has 0 bridgehead atoms. The molecule has 16 heavy (non-hydrogen) atoms. The Morgan fingerprint density at radius 2 is 2.06 bits per heavy atom. The molecule has 0 spiro atoms. The van der Waals surface area contributed by atoms with Crippen LogP contribution in [0.25, 0.3) is 0 Å². The molecule has 0 aromatic heterocycles. The van der Waals surface area contributed by atoms with Crippen LogP contribution < -0.4 is 5.73 Å². The fourth-order valence-corrected chi connectivity index (χ4v) is 2.07. The Morgan fingerprint density at radius 1 is 1.44 bits per heavy atom. The second kappa shape index (κ2) is 5.30. The minimum atomic E-state index is -0.420. The Bertz CT molecular complexity index is 278. The third-order valence-corrected chi connectivity index (χ3v) is 2.96. The van der Waals surface area contributed by atoms with Gasteiger partial charge >= 0.3 is 0 Å². The quantitative estimate of drug-likeness (QED) is 0.717. The average molecular weight is 227 g/mol. The number of hydrogen-bond acceptors (Lipinski definition) is 3. The lowest BCUT2D eigenvalue weighted by atomic mass is 9.92. The number of likely N-dealkylation sites (N-methyl/N-ethyl adjacent to an activating group) is 1. The predicted molar refractivity (Wildman–Crippen MR) is 61.6 cm³/mol. The number of likely N-dealkylation sites (tertiary alicyclic amines) is 1. The van der Waals surface area contributed by atoms with Crippen LogP contribution in [0.15, 0.2) is 0 Å². The second-order valence-corrected chi connectivity index (χ2v) is 4.87. The summed E-state index contributed by atoms with van der Waals surface area (Å²) in [5.41, 5.74) is 5.34. The van der Waals surface area contributed by atoms with Gasteiger partial charge in [-0.05, 0) is 32.9 Å². The van der Waals surface area contributed by atoms with Crippen molar-refractivity contribution in [3.63, 3.8) is 0 Å². The molecule has 0 aliphatic carbocycles. The number of amides is 2. The molecule has 1 aliphatic rings. The van der Waals surface area contributed by atoms with Gasteiger partial charge in [0.2, 0.25) is 11.8 Å². The van der Waals surface area contributed by atoms with E-state index in [0.717, 1.165) is 6.42 Å². The van der Waals surface area contributed by atoms with E-state index in [0.29, 0.717) is 25.4 Å². The minimum Gasteiger partial charge on any atom is -0.368 e. The van der Waals surface area contributed by atoms with E-state index in [-0.39, 0.29) is 5.91 Å². The molecular weight excluding hydrogens is 206 g/mol. The van der Waals surface area contributed by atoms with Crippen LogP contribution in [-0.2, 0) is 9.59 Å². The van der Waals surface area contributed by atoms with E-state index >= 15 is 0 Å². The van der Waals surface area contributed by atoms with Gasteiger partial charge in [-0.15, -0.1) is 0 Å². The first-order chi connectivity index (χ1) is 7.41. The van der Waals surface area contributed by atoms with E-state index in [9.17, 15) is 9.59 Å². The third-order valence-electron chi connectivity index (χ3n) is 2.96. The number of nitrogens with two attached hydrogens (primary N) is 1. The molecule has 0 aromatic rings. The molecule has 1 fully saturated rings. The molecule has 1 heterocycles. The maximum Gasteiger partial charge on any atom is 0.240 e. The number of primary amides is 1.